The molecular weight excluding hydrogens is 264 g/mol. The Morgan fingerprint density at radius 2 is 2.11 bits per heavy atom. The monoisotopic (exact) mass is 286 g/mol. The van der Waals surface area contributed by atoms with Crippen LogP contribution in [0.5, 0.6) is 0 Å². The van der Waals surface area contributed by atoms with Gasteiger partial charge in [0.25, 0.3) is 0 Å². The minimum absolute atomic E-state index is 0.149. The highest BCUT2D eigenvalue weighted by Crippen LogP contribution is 2.15. The highest BCUT2D eigenvalue weighted by Gasteiger charge is 2.16. The Morgan fingerprint density at radius 1 is 1.42 bits per heavy atom. The molecule has 1 unspecified atom stereocenters. The lowest BCUT2D eigenvalue weighted by atomic mass is 10.1. The van der Waals surface area contributed by atoms with Crippen LogP contribution in [0.3, 0.4) is 0 Å². The van der Waals surface area contributed by atoms with Gasteiger partial charge in [0.1, 0.15) is 0 Å². The lowest BCUT2D eigenvalue weighted by Gasteiger charge is -2.13. The summed E-state index contributed by atoms with van der Waals surface area (Å²) in [5.74, 6) is 0. The Morgan fingerprint density at radius 3 is 2.63 bits per heavy atom. The van der Waals surface area contributed by atoms with Crippen LogP contribution in [0.2, 0.25) is 0 Å². The largest absolute Gasteiger partial charge is 0.377 e. The summed E-state index contributed by atoms with van der Waals surface area (Å²) < 4.78 is 32.0. The molecule has 0 aliphatic rings. The van der Waals surface area contributed by atoms with Gasteiger partial charge in [-0.15, -0.1) is 0 Å². The van der Waals surface area contributed by atoms with Crippen LogP contribution >= 0.6 is 0 Å². The van der Waals surface area contributed by atoms with Gasteiger partial charge < -0.3 is 10.5 Å². The average Bonchev–Trinajstić information content (AvgIpc) is 2.37. The molecule has 19 heavy (non-hydrogen) atoms. The first-order valence-electron chi connectivity index (χ1n) is 6.31. The Hall–Kier alpha value is -0.950. The number of sulfonamides is 1. The number of ether oxygens (including phenoxy) is 1. The number of hydrogen-bond donors (Lipinski definition) is 2. The summed E-state index contributed by atoms with van der Waals surface area (Å²) in [5, 5.41) is 0. The summed E-state index contributed by atoms with van der Waals surface area (Å²) in [6, 6.07) is 4.95. The predicted molar refractivity (Wildman–Crippen MR) is 75.3 cm³/mol. The molecule has 1 atom stereocenters. The molecule has 0 saturated carbocycles. The number of rotatable bonds is 7. The van der Waals surface area contributed by atoms with Gasteiger partial charge in [0.2, 0.25) is 10.0 Å². The average molecular weight is 286 g/mol. The van der Waals surface area contributed by atoms with Gasteiger partial charge in [0, 0.05) is 19.7 Å². The molecule has 0 saturated heterocycles. The fourth-order valence-corrected chi connectivity index (χ4v) is 2.92. The van der Waals surface area contributed by atoms with E-state index in [-0.39, 0.29) is 17.5 Å². The standard InChI is InChI=1S/C13H22N2O3S/c1-4-18-11(3)9-15-19(16,17)13-6-5-12(8-14)10(2)7-13/h5-7,11,15H,4,8-9,14H2,1-3H3. The zero-order valence-electron chi connectivity index (χ0n) is 11.6. The van der Waals surface area contributed by atoms with Crippen molar-refractivity contribution in [2.45, 2.75) is 38.3 Å². The third-order valence-corrected chi connectivity index (χ3v) is 4.28. The minimum atomic E-state index is -3.49. The van der Waals surface area contributed by atoms with Crippen LogP contribution in [0.4, 0.5) is 0 Å². The number of nitrogens with two attached hydrogens (primary N) is 1. The van der Waals surface area contributed by atoms with Crippen LogP contribution in [-0.2, 0) is 21.3 Å². The first-order chi connectivity index (χ1) is 8.90. The molecule has 1 aromatic rings. The third-order valence-electron chi connectivity index (χ3n) is 2.86. The molecule has 0 aliphatic heterocycles. The van der Waals surface area contributed by atoms with Crippen LogP contribution < -0.4 is 10.5 Å². The van der Waals surface area contributed by atoms with E-state index in [1.807, 2.05) is 20.8 Å². The number of aryl methyl sites for hydroxylation is 1. The molecule has 0 heterocycles. The first-order valence-corrected chi connectivity index (χ1v) is 7.80. The quantitative estimate of drug-likeness (QED) is 0.788. The molecule has 0 aromatic heterocycles. The maximum absolute atomic E-state index is 12.1. The van der Waals surface area contributed by atoms with Crippen molar-refractivity contribution in [3.8, 4) is 0 Å². The lowest BCUT2D eigenvalue weighted by molar-refractivity contribution is 0.0799. The summed E-state index contributed by atoms with van der Waals surface area (Å²) in [6.07, 6.45) is -0.149. The normalized spacial score (nSPS) is 13.5. The molecule has 108 valence electrons. The minimum Gasteiger partial charge on any atom is -0.377 e. The number of hydrogen-bond acceptors (Lipinski definition) is 4. The Labute approximate surface area is 115 Å². The van der Waals surface area contributed by atoms with Gasteiger partial charge in [-0.05, 0) is 44.0 Å². The van der Waals surface area contributed by atoms with Gasteiger partial charge in [0.05, 0.1) is 11.0 Å². The van der Waals surface area contributed by atoms with Gasteiger partial charge in [-0.25, -0.2) is 13.1 Å². The van der Waals surface area contributed by atoms with E-state index >= 15 is 0 Å². The molecule has 6 heteroatoms. The van der Waals surface area contributed by atoms with Crippen molar-refractivity contribution >= 4 is 10.0 Å². The molecular formula is C13H22N2O3S. The van der Waals surface area contributed by atoms with E-state index in [9.17, 15) is 8.42 Å². The molecule has 1 aromatic carbocycles. The maximum Gasteiger partial charge on any atom is 0.240 e. The topological polar surface area (TPSA) is 81.4 Å². The molecule has 0 radical (unpaired) electrons. The Bertz CT molecular complexity index is 515. The zero-order valence-corrected chi connectivity index (χ0v) is 12.5. The summed E-state index contributed by atoms with van der Waals surface area (Å²) in [4.78, 5) is 0.255. The number of nitrogens with one attached hydrogen (secondary N) is 1. The van der Waals surface area contributed by atoms with E-state index in [2.05, 4.69) is 4.72 Å². The van der Waals surface area contributed by atoms with E-state index in [4.69, 9.17) is 10.5 Å². The SMILES string of the molecule is CCOC(C)CNS(=O)(=O)c1ccc(CN)c(C)c1. The van der Waals surface area contributed by atoms with E-state index in [1.54, 1.807) is 18.2 Å². The van der Waals surface area contributed by atoms with Crippen molar-refractivity contribution in [3.63, 3.8) is 0 Å². The van der Waals surface area contributed by atoms with Crippen molar-refractivity contribution in [1.29, 1.82) is 0 Å². The predicted octanol–water partition coefficient (Wildman–Crippen LogP) is 1.16. The second-order valence-corrected chi connectivity index (χ2v) is 6.18. The molecule has 0 amide bonds. The highest BCUT2D eigenvalue weighted by molar-refractivity contribution is 7.89. The van der Waals surface area contributed by atoms with Crippen LogP contribution in [0.15, 0.2) is 23.1 Å². The van der Waals surface area contributed by atoms with Crippen LogP contribution in [0, 0.1) is 6.92 Å². The molecule has 0 fully saturated rings. The van der Waals surface area contributed by atoms with E-state index in [0.717, 1.165) is 11.1 Å². The molecule has 0 aliphatic carbocycles. The van der Waals surface area contributed by atoms with Crippen LogP contribution in [-0.4, -0.2) is 27.7 Å². The molecule has 0 bridgehead atoms. The summed E-state index contributed by atoms with van der Waals surface area (Å²) in [7, 11) is -3.49. The first kappa shape index (κ1) is 16.1. The molecule has 0 spiro atoms. The van der Waals surface area contributed by atoms with Crippen molar-refractivity contribution in [3.05, 3.63) is 29.3 Å². The lowest BCUT2D eigenvalue weighted by Crippen LogP contribution is -2.32. The second-order valence-electron chi connectivity index (χ2n) is 4.41. The highest BCUT2D eigenvalue weighted by atomic mass is 32.2. The third kappa shape index (κ3) is 4.58. The van der Waals surface area contributed by atoms with Gasteiger partial charge in [-0.2, -0.15) is 0 Å². The smallest absolute Gasteiger partial charge is 0.240 e. The Balaban J connectivity index is 2.80. The molecule has 3 N–H and O–H groups in total. The zero-order chi connectivity index (χ0) is 14.5. The molecule has 1 rings (SSSR count). The van der Waals surface area contributed by atoms with Crippen molar-refractivity contribution in [2.24, 2.45) is 5.73 Å². The van der Waals surface area contributed by atoms with E-state index in [0.29, 0.717) is 13.2 Å². The van der Waals surface area contributed by atoms with Crippen molar-refractivity contribution in [1.82, 2.24) is 4.72 Å². The van der Waals surface area contributed by atoms with Crippen LogP contribution in [0.1, 0.15) is 25.0 Å². The number of benzene rings is 1. The Kier molecular flexibility index (Phi) is 5.93. The second kappa shape index (κ2) is 7.00. The maximum atomic E-state index is 12.1. The van der Waals surface area contributed by atoms with Crippen molar-refractivity contribution < 1.29 is 13.2 Å². The van der Waals surface area contributed by atoms with Gasteiger partial charge >= 0.3 is 0 Å². The summed E-state index contributed by atoms with van der Waals surface area (Å²) >= 11 is 0. The fourth-order valence-electron chi connectivity index (χ4n) is 1.72. The summed E-state index contributed by atoms with van der Waals surface area (Å²) in [5.41, 5.74) is 7.38. The van der Waals surface area contributed by atoms with E-state index < -0.39 is 10.0 Å². The van der Waals surface area contributed by atoms with Gasteiger partial charge in [-0.1, -0.05) is 6.07 Å². The summed E-state index contributed by atoms with van der Waals surface area (Å²) in [6.45, 7) is 6.78. The van der Waals surface area contributed by atoms with E-state index in [1.165, 1.54) is 0 Å². The molecule has 5 nitrogen and oxygen atoms in total. The van der Waals surface area contributed by atoms with Crippen molar-refractivity contribution in [2.75, 3.05) is 13.2 Å². The van der Waals surface area contributed by atoms with Crippen LogP contribution in [0.25, 0.3) is 0 Å². The fraction of sp³-hybridized carbons (Fsp3) is 0.538. The van der Waals surface area contributed by atoms with Gasteiger partial charge in [0.15, 0.2) is 0 Å². The van der Waals surface area contributed by atoms with Gasteiger partial charge in [-0.3, -0.25) is 0 Å².